The van der Waals surface area contributed by atoms with Crippen LogP contribution in [0.25, 0.3) is 0 Å². The lowest BCUT2D eigenvalue weighted by molar-refractivity contribution is -0.301. The number of aliphatic carboxylic acids is 1. The van der Waals surface area contributed by atoms with E-state index < -0.39 is 11.9 Å². The van der Waals surface area contributed by atoms with Crippen LogP contribution in [0.4, 0.5) is 5.69 Å². The molecule has 124 valence electrons. The molecule has 2 aliphatic rings. The van der Waals surface area contributed by atoms with Crippen LogP contribution in [0.3, 0.4) is 0 Å². The molecular formula is C18H23N2O3-. The zero-order chi connectivity index (χ0) is 16.2. The molecule has 0 unspecified atom stereocenters. The van der Waals surface area contributed by atoms with Gasteiger partial charge in [-0.2, -0.15) is 0 Å². The predicted molar refractivity (Wildman–Crippen MR) is 86.1 cm³/mol. The summed E-state index contributed by atoms with van der Waals surface area (Å²) in [5, 5.41) is 10.6. The first-order valence-electron chi connectivity index (χ1n) is 8.50. The molecule has 0 radical (unpaired) electrons. The molecule has 3 rings (SSSR count). The number of carboxylic acid groups (broad SMARTS) is 1. The van der Waals surface area contributed by atoms with Crippen molar-refractivity contribution in [3.8, 4) is 0 Å². The molecule has 2 fully saturated rings. The van der Waals surface area contributed by atoms with E-state index in [4.69, 9.17) is 0 Å². The summed E-state index contributed by atoms with van der Waals surface area (Å²) in [7, 11) is 0. The first kappa shape index (κ1) is 15.8. The summed E-state index contributed by atoms with van der Waals surface area (Å²) in [5.74, 6) is -1.82. The standard InChI is InChI=1S/C18H24N2O3/c21-17(18(22)23)20-12-10-19(11-13-20)16-8-6-15(7-9-16)14-4-2-1-3-5-14/h6-9,14H,1-5,10-13H2,(H,22,23)/p-1. The Hall–Kier alpha value is -2.04. The molecule has 0 N–H and O–H groups in total. The minimum Gasteiger partial charge on any atom is -0.540 e. The molecule has 0 spiro atoms. The van der Waals surface area contributed by atoms with Crippen molar-refractivity contribution >= 4 is 17.6 Å². The normalized spacial score (nSPS) is 19.7. The number of carbonyl (C=O) groups excluding carboxylic acids is 2. The minimum absolute atomic E-state index is 0.428. The highest BCUT2D eigenvalue weighted by atomic mass is 16.4. The number of hydrogen-bond acceptors (Lipinski definition) is 4. The molecule has 1 aliphatic heterocycles. The largest absolute Gasteiger partial charge is 0.540 e. The molecule has 1 saturated heterocycles. The van der Waals surface area contributed by atoms with Gasteiger partial charge in [0.05, 0.1) is 0 Å². The van der Waals surface area contributed by atoms with Crippen LogP contribution in [0.1, 0.15) is 43.6 Å². The molecule has 1 aromatic rings. The quantitative estimate of drug-likeness (QED) is 0.768. The second kappa shape index (κ2) is 7.02. The molecule has 0 aromatic heterocycles. The van der Waals surface area contributed by atoms with Crippen molar-refractivity contribution in [1.29, 1.82) is 0 Å². The van der Waals surface area contributed by atoms with Gasteiger partial charge in [0, 0.05) is 31.9 Å². The second-order valence-electron chi connectivity index (χ2n) is 6.49. The van der Waals surface area contributed by atoms with E-state index >= 15 is 0 Å². The SMILES string of the molecule is O=C([O-])C(=O)N1CCN(c2ccc(C3CCCCC3)cc2)CC1. The van der Waals surface area contributed by atoms with E-state index in [0.29, 0.717) is 32.1 Å². The van der Waals surface area contributed by atoms with Gasteiger partial charge < -0.3 is 19.7 Å². The average molecular weight is 315 g/mol. The smallest absolute Gasteiger partial charge is 0.269 e. The fourth-order valence-corrected chi connectivity index (χ4v) is 3.69. The Morgan fingerprint density at radius 2 is 1.52 bits per heavy atom. The van der Waals surface area contributed by atoms with Gasteiger partial charge in [0.15, 0.2) is 0 Å². The monoisotopic (exact) mass is 315 g/mol. The summed E-state index contributed by atoms with van der Waals surface area (Å²) < 4.78 is 0. The number of amides is 1. The number of rotatable bonds is 2. The summed E-state index contributed by atoms with van der Waals surface area (Å²) in [5.41, 5.74) is 2.57. The lowest BCUT2D eigenvalue weighted by Gasteiger charge is -2.36. The summed E-state index contributed by atoms with van der Waals surface area (Å²) in [4.78, 5) is 25.6. The van der Waals surface area contributed by atoms with Crippen molar-refractivity contribution in [2.75, 3.05) is 31.1 Å². The van der Waals surface area contributed by atoms with E-state index in [9.17, 15) is 14.7 Å². The third kappa shape index (κ3) is 3.66. The van der Waals surface area contributed by atoms with Crippen LogP contribution >= 0.6 is 0 Å². The van der Waals surface area contributed by atoms with E-state index in [1.165, 1.54) is 42.6 Å². The molecule has 1 heterocycles. The number of hydrogen-bond donors (Lipinski definition) is 0. The van der Waals surface area contributed by atoms with E-state index in [1.54, 1.807) is 0 Å². The summed E-state index contributed by atoms with van der Waals surface area (Å²) in [6.45, 7) is 2.16. The predicted octanol–water partition coefficient (Wildman–Crippen LogP) is 1.13. The Morgan fingerprint density at radius 1 is 0.913 bits per heavy atom. The topological polar surface area (TPSA) is 63.7 Å². The fraction of sp³-hybridized carbons (Fsp3) is 0.556. The molecule has 1 amide bonds. The third-order valence-corrected chi connectivity index (χ3v) is 5.08. The zero-order valence-electron chi connectivity index (χ0n) is 13.4. The Balaban J connectivity index is 1.58. The van der Waals surface area contributed by atoms with Crippen LogP contribution < -0.4 is 10.0 Å². The van der Waals surface area contributed by atoms with Crippen LogP contribution in [0.5, 0.6) is 0 Å². The lowest BCUT2D eigenvalue weighted by Crippen LogP contribution is -2.53. The maximum atomic E-state index is 11.4. The van der Waals surface area contributed by atoms with Gasteiger partial charge >= 0.3 is 0 Å². The van der Waals surface area contributed by atoms with Crippen molar-refractivity contribution in [2.45, 2.75) is 38.0 Å². The maximum absolute atomic E-state index is 11.4. The Bertz CT molecular complexity index is 556. The molecule has 0 atom stereocenters. The highest BCUT2D eigenvalue weighted by Crippen LogP contribution is 2.33. The number of carbonyl (C=O) groups is 2. The van der Waals surface area contributed by atoms with Crippen LogP contribution in [0, 0.1) is 0 Å². The van der Waals surface area contributed by atoms with Gasteiger partial charge in [-0.1, -0.05) is 31.4 Å². The minimum atomic E-state index is -1.62. The van der Waals surface area contributed by atoms with E-state index in [-0.39, 0.29) is 0 Å². The first-order valence-corrected chi connectivity index (χ1v) is 8.50. The Morgan fingerprint density at radius 3 is 2.09 bits per heavy atom. The van der Waals surface area contributed by atoms with Crippen LogP contribution in [0.15, 0.2) is 24.3 Å². The maximum Gasteiger partial charge on any atom is 0.269 e. The molecule has 1 aliphatic carbocycles. The first-order chi connectivity index (χ1) is 11.1. The molecular weight excluding hydrogens is 292 g/mol. The summed E-state index contributed by atoms with van der Waals surface area (Å²) in [6.07, 6.45) is 6.62. The van der Waals surface area contributed by atoms with Crippen molar-refractivity contribution in [3.63, 3.8) is 0 Å². The lowest BCUT2D eigenvalue weighted by atomic mass is 9.84. The van der Waals surface area contributed by atoms with Crippen molar-refractivity contribution in [3.05, 3.63) is 29.8 Å². The van der Waals surface area contributed by atoms with Gasteiger partial charge in [0.2, 0.25) is 0 Å². The number of benzene rings is 1. The molecule has 1 aromatic carbocycles. The molecule has 0 bridgehead atoms. The molecule has 1 saturated carbocycles. The third-order valence-electron chi connectivity index (χ3n) is 5.08. The fourth-order valence-electron chi connectivity index (χ4n) is 3.69. The number of nitrogens with zero attached hydrogens (tertiary/aromatic N) is 2. The average Bonchev–Trinajstić information content (AvgIpc) is 2.62. The van der Waals surface area contributed by atoms with Gasteiger partial charge in [-0.05, 0) is 36.5 Å². The summed E-state index contributed by atoms with van der Waals surface area (Å²) >= 11 is 0. The molecule has 23 heavy (non-hydrogen) atoms. The number of carboxylic acids is 1. The highest BCUT2D eigenvalue weighted by molar-refractivity contribution is 6.30. The molecule has 5 nitrogen and oxygen atoms in total. The van der Waals surface area contributed by atoms with Gasteiger partial charge in [0.1, 0.15) is 5.97 Å². The van der Waals surface area contributed by atoms with Crippen molar-refractivity contribution < 1.29 is 14.7 Å². The van der Waals surface area contributed by atoms with Gasteiger partial charge in [0.25, 0.3) is 5.91 Å². The second-order valence-corrected chi connectivity index (χ2v) is 6.49. The van der Waals surface area contributed by atoms with Gasteiger partial charge in [-0.25, -0.2) is 0 Å². The van der Waals surface area contributed by atoms with Crippen LogP contribution in [-0.2, 0) is 9.59 Å². The Labute approximate surface area is 136 Å². The van der Waals surface area contributed by atoms with E-state index in [1.807, 2.05) is 0 Å². The van der Waals surface area contributed by atoms with Gasteiger partial charge in [-0.15, -0.1) is 0 Å². The van der Waals surface area contributed by atoms with Crippen LogP contribution in [-0.4, -0.2) is 43.0 Å². The number of piperazine rings is 1. The Kier molecular flexibility index (Phi) is 4.84. The van der Waals surface area contributed by atoms with Crippen LogP contribution in [0.2, 0.25) is 0 Å². The van der Waals surface area contributed by atoms with E-state index in [2.05, 4.69) is 29.2 Å². The highest BCUT2D eigenvalue weighted by Gasteiger charge is 2.22. The van der Waals surface area contributed by atoms with Gasteiger partial charge in [-0.3, -0.25) is 4.79 Å². The van der Waals surface area contributed by atoms with Crippen molar-refractivity contribution in [2.24, 2.45) is 0 Å². The summed E-state index contributed by atoms with van der Waals surface area (Å²) in [6, 6.07) is 8.76. The van der Waals surface area contributed by atoms with Crippen molar-refractivity contribution in [1.82, 2.24) is 4.90 Å². The number of anilines is 1. The zero-order valence-corrected chi connectivity index (χ0v) is 13.4. The van der Waals surface area contributed by atoms with E-state index in [0.717, 1.165) is 5.69 Å². The molecule has 5 heteroatoms.